The largest absolute Gasteiger partial charge is 0.396 e. The first-order chi connectivity index (χ1) is 11.6. The van der Waals surface area contributed by atoms with Crippen molar-refractivity contribution in [2.45, 2.75) is 80.7 Å². The minimum atomic E-state index is -0.329. The Balaban J connectivity index is 1.65. The predicted molar refractivity (Wildman–Crippen MR) is 99.8 cm³/mol. The molecule has 3 rings (SSSR count). The number of aliphatic hydroxyl groups excluding tert-OH is 2. The summed E-state index contributed by atoms with van der Waals surface area (Å²) in [6.07, 6.45) is 10.0. The average Bonchev–Trinajstić information content (AvgIpc) is 2.60. The lowest BCUT2D eigenvalue weighted by atomic mass is 9.76. The van der Waals surface area contributed by atoms with E-state index in [1.54, 1.807) is 0 Å². The fourth-order valence-electron chi connectivity index (χ4n) is 5.19. The van der Waals surface area contributed by atoms with Crippen LogP contribution in [0.4, 0.5) is 0 Å². The van der Waals surface area contributed by atoms with Crippen molar-refractivity contribution in [3.8, 4) is 0 Å². The molecule has 0 aromatic heterocycles. The maximum absolute atomic E-state index is 10.5. The van der Waals surface area contributed by atoms with E-state index >= 15 is 0 Å². The van der Waals surface area contributed by atoms with Gasteiger partial charge in [-0.05, 0) is 62.8 Å². The first-order valence-corrected chi connectivity index (χ1v) is 10.8. The Morgan fingerprint density at radius 3 is 2.33 bits per heavy atom. The molecule has 140 valence electrons. The third kappa shape index (κ3) is 4.59. The van der Waals surface area contributed by atoms with Crippen LogP contribution in [0.1, 0.15) is 57.8 Å². The van der Waals surface area contributed by atoms with Crippen LogP contribution >= 0.6 is 23.2 Å². The van der Waals surface area contributed by atoms with Gasteiger partial charge in [-0.25, -0.2) is 0 Å². The van der Waals surface area contributed by atoms with E-state index in [0.717, 1.165) is 38.3 Å². The first-order valence-electron chi connectivity index (χ1n) is 9.89. The molecule has 0 spiro atoms. The van der Waals surface area contributed by atoms with Gasteiger partial charge in [0.1, 0.15) is 0 Å². The highest BCUT2D eigenvalue weighted by Crippen LogP contribution is 2.38. The number of hydrogen-bond acceptors (Lipinski definition) is 3. The van der Waals surface area contributed by atoms with E-state index in [9.17, 15) is 10.2 Å². The Kier molecular flexibility index (Phi) is 7.13. The normalized spacial score (nSPS) is 43.0. The molecule has 0 aromatic carbocycles. The van der Waals surface area contributed by atoms with Gasteiger partial charge in [0, 0.05) is 19.2 Å². The van der Waals surface area contributed by atoms with E-state index in [1.807, 2.05) is 0 Å². The van der Waals surface area contributed by atoms with Crippen molar-refractivity contribution in [3.05, 3.63) is 0 Å². The lowest BCUT2D eigenvalue weighted by molar-refractivity contribution is -0.00592. The van der Waals surface area contributed by atoms with Gasteiger partial charge in [-0.3, -0.25) is 4.90 Å². The van der Waals surface area contributed by atoms with E-state index in [4.69, 9.17) is 23.2 Å². The minimum absolute atomic E-state index is 0.0248. The van der Waals surface area contributed by atoms with Gasteiger partial charge in [-0.15, -0.1) is 23.2 Å². The molecule has 0 amide bonds. The summed E-state index contributed by atoms with van der Waals surface area (Å²) < 4.78 is 0. The van der Waals surface area contributed by atoms with Crippen LogP contribution < -0.4 is 0 Å². The number of rotatable bonds is 4. The van der Waals surface area contributed by atoms with Gasteiger partial charge >= 0.3 is 0 Å². The van der Waals surface area contributed by atoms with Crippen LogP contribution in [0, 0.1) is 17.8 Å². The monoisotopic (exact) mass is 377 g/mol. The SMILES string of the molecule is OC[C@@H]1CCN(CC2CC(Cl)C(Cl)CC2O)[C@@H](C2CCCCC2)C1. The lowest BCUT2D eigenvalue weighted by Crippen LogP contribution is -2.52. The van der Waals surface area contributed by atoms with Crippen molar-refractivity contribution in [3.63, 3.8) is 0 Å². The molecular formula is C19H33Cl2NO2. The molecule has 3 aliphatic rings. The van der Waals surface area contributed by atoms with Crippen molar-refractivity contribution in [1.29, 1.82) is 0 Å². The lowest BCUT2D eigenvalue weighted by Gasteiger charge is -2.47. The number of likely N-dealkylation sites (tertiary alicyclic amines) is 1. The maximum Gasteiger partial charge on any atom is 0.0595 e. The Hall–Kier alpha value is 0.460. The van der Waals surface area contributed by atoms with Crippen molar-refractivity contribution in [2.75, 3.05) is 19.7 Å². The van der Waals surface area contributed by atoms with E-state index in [-0.39, 0.29) is 22.8 Å². The summed E-state index contributed by atoms with van der Waals surface area (Å²) in [4.78, 5) is 2.62. The van der Waals surface area contributed by atoms with Crippen LogP contribution in [0.25, 0.3) is 0 Å². The molecule has 3 nitrogen and oxygen atoms in total. The molecule has 2 N–H and O–H groups in total. The van der Waals surface area contributed by atoms with Gasteiger partial charge in [0.05, 0.1) is 16.9 Å². The fraction of sp³-hybridized carbons (Fsp3) is 1.00. The zero-order valence-electron chi connectivity index (χ0n) is 14.6. The second-order valence-corrected chi connectivity index (χ2v) is 9.49. The van der Waals surface area contributed by atoms with Gasteiger partial charge < -0.3 is 10.2 Å². The summed E-state index contributed by atoms with van der Waals surface area (Å²) in [6.45, 7) is 2.31. The molecule has 0 aromatic rings. The summed E-state index contributed by atoms with van der Waals surface area (Å²) >= 11 is 12.6. The summed E-state index contributed by atoms with van der Waals surface area (Å²) in [5, 5.41) is 20.0. The summed E-state index contributed by atoms with van der Waals surface area (Å²) in [5.74, 6) is 1.46. The molecule has 3 fully saturated rings. The summed E-state index contributed by atoms with van der Waals surface area (Å²) in [7, 11) is 0. The number of alkyl halides is 2. The minimum Gasteiger partial charge on any atom is -0.396 e. The van der Waals surface area contributed by atoms with Crippen molar-refractivity contribution < 1.29 is 10.2 Å². The first kappa shape index (κ1) is 19.2. The van der Waals surface area contributed by atoms with Crippen LogP contribution in [0.15, 0.2) is 0 Å². The number of aliphatic hydroxyl groups is 2. The van der Waals surface area contributed by atoms with Gasteiger partial charge in [0.2, 0.25) is 0 Å². The topological polar surface area (TPSA) is 43.7 Å². The zero-order chi connectivity index (χ0) is 17.1. The smallest absolute Gasteiger partial charge is 0.0595 e. The third-order valence-electron chi connectivity index (χ3n) is 6.72. The molecule has 0 bridgehead atoms. The highest BCUT2D eigenvalue weighted by Gasteiger charge is 2.39. The molecule has 24 heavy (non-hydrogen) atoms. The summed E-state index contributed by atoms with van der Waals surface area (Å²) in [5.41, 5.74) is 0. The standard InChI is InChI=1S/C19H33Cl2NO2/c20-16-9-15(19(24)10-17(16)21)11-22-7-6-13(12-23)8-18(22)14-4-2-1-3-5-14/h13-19,23-24H,1-12H2/t13-,15?,16?,17?,18-,19?/m1/s1. The molecule has 1 heterocycles. The molecule has 5 heteroatoms. The molecule has 4 unspecified atom stereocenters. The predicted octanol–water partition coefficient (Wildman–Crippen LogP) is 3.63. The van der Waals surface area contributed by atoms with Gasteiger partial charge in [0.25, 0.3) is 0 Å². The number of halogens is 2. The van der Waals surface area contributed by atoms with Gasteiger partial charge in [0.15, 0.2) is 0 Å². The quantitative estimate of drug-likeness (QED) is 0.735. The van der Waals surface area contributed by atoms with Gasteiger partial charge in [-0.1, -0.05) is 19.3 Å². The Labute approximate surface area is 156 Å². The highest BCUT2D eigenvalue weighted by atomic mass is 35.5. The average molecular weight is 378 g/mol. The molecule has 6 atom stereocenters. The Morgan fingerprint density at radius 2 is 1.62 bits per heavy atom. The van der Waals surface area contributed by atoms with E-state index in [1.165, 1.54) is 32.1 Å². The van der Waals surface area contributed by atoms with Crippen molar-refractivity contribution in [1.82, 2.24) is 4.90 Å². The summed E-state index contributed by atoms with van der Waals surface area (Å²) in [6, 6.07) is 0.575. The van der Waals surface area contributed by atoms with E-state index in [2.05, 4.69) is 4.90 Å². The van der Waals surface area contributed by atoms with Gasteiger partial charge in [-0.2, -0.15) is 0 Å². The fourth-order valence-corrected chi connectivity index (χ4v) is 5.80. The van der Waals surface area contributed by atoms with E-state index in [0.29, 0.717) is 25.0 Å². The Morgan fingerprint density at radius 1 is 0.917 bits per heavy atom. The highest BCUT2D eigenvalue weighted by molar-refractivity contribution is 6.30. The maximum atomic E-state index is 10.5. The number of nitrogens with zero attached hydrogens (tertiary/aromatic N) is 1. The number of hydrogen-bond donors (Lipinski definition) is 2. The molecule has 2 aliphatic carbocycles. The zero-order valence-corrected chi connectivity index (χ0v) is 16.1. The van der Waals surface area contributed by atoms with E-state index < -0.39 is 0 Å². The second kappa shape index (κ2) is 8.90. The molecule has 1 aliphatic heterocycles. The van der Waals surface area contributed by atoms with Crippen LogP contribution in [0.2, 0.25) is 0 Å². The van der Waals surface area contributed by atoms with Crippen molar-refractivity contribution in [2.24, 2.45) is 17.8 Å². The van der Waals surface area contributed by atoms with Crippen LogP contribution in [-0.2, 0) is 0 Å². The van der Waals surface area contributed by atoms with Crippen LogP contribution in [0.3, 0.4) is 0 Å². The molecule has 0 radical (unpaired) electrons. The Bertz CT molecular complexity index is 392. The second-order valence-electron chi connectivity index (χ2n) is 8.36. The van der Waals surface area contributed by atoms with Crippen LogP contribution in [0.5, 0.6) is 0 Å². The van der Waals surface area contributed by atoms with Crippen LogP contribution in [-0.4, -0.2) is 57.7 Å². The molecule has 1 saturated heterocycles. The molecular weight excluding hydrogens is 345 g/mol. The third-order valence-corrected chi connectivity index (χ3v) is 7.81. The molecule has 2 saturated carbocycles. The van der Waals surface area contributed by atoms with Crippen molar-refractivity contribution >= 4 is 23.2 Å². The number of piperidine rings is 1.